The van der Waals surface area contributed by atoms with Crippen LogP contribution in [0.25, 0.3) is 0 Å². The zero-order valence-electron chi connectivity index (χ0n) is 18.6. The first-order chi connectivity index (χ1) is 15.5. The Hall–Kier alpha value is -1.95. The monoisotopic (exact) mass is 451 g/mol. The van der Waals surface area contributed by atoms with Crippen molar-refractivity contribution in [3.05, 3.63) is 5.56 Å². The number of piperidine rings is 2. The second-order valence-electron chi connectivity index (χ2n) is 9.53. The Morgan fingerprint density at radius 3 is 2.91 bits per heavy atom. The van der Waals surface area contributed by atoms with Crippen LogP contribution in [0.1, 0.15) is 29.6 Å². The largest absolute Gasteiger partial charge is 0.381 e. The lowest BCUT2D eigenvalue weighted by Gasteiger charge is -2.44. The Morgan fingerprint density at radius 2 is 2.12 bits per heavy atom. The Bertz CT molecular complexity index is 833. The van der Waals surface area contributed by atoms with Crippen molar-refractivity contribution in [3.63, 3.8) is 0 Å². The van der Waals surface area contributed by atoms with Gasteiger partial charge in [-0.3, -0.25) is 9.69 Å². The van der Waals surface area contributed by atoms with Crippen molar-refractivity contribution in [3.8, 4) is 0 Å². The summed E-state index contributed by atoms with van der Waals surface area (Å²) in [6.07, 6.45) is 2.06. The third-order valence-electron chi connectivity index (χ3n) is 7.05. The second-order valence-corrected chi connectivity index (χ2v) is 9.53. The van der Waals surface area contributed by atoms with Gasteiger partial charge in [-0.25, -0.2) is 9.07 Å². The van der Waals surface area contributed by atoms with Gasteiger partial charge in [0.05, 0.1) is 44.1 Å². The molecule has 4 aliphatic rings. The SMILES string of the molecule is CN1CCC(O[C@H]2CCCN(C3COC3)C2)C(NC(=O)c2c(N)nn3c2NCC(F)C3)C1. The number of alkyl halides is 1. The fourth-order valence-corrected chi connectivity index (χ4v) is 5.20. The Kier molecular flexibility index (Phi) is 6.24. The van der Waals surface area contributed by atoms with E-state index in [0.717, 1.165) is 52.1 Å². The van der Waals surface area contributed by atoms with Gasteiger partial charge in [-0.2, -0.15) is 5.10 Å². The number of rotatable bonds is 5. The molecule has 32 heavy (non-hydrogen) atoms. The maximum absolute atomic E-state index is 13.7. The van der Waals surface area contributed by atoms with Crippen LogP contribution in [0.5, 0.6) is 0 Å². The lowest BCUT2D eigenvalue weighted by Crippen LogP contribution is -2.58. The molecule has 1 amide bonds. The molecular formula is C21H34FN7O3. The first kappa shape index (κ1) is 21.9. The van der Waals surface area contributed by atoms with Crippen molar-refractivity contribution in [1.29, 1.82) is 0 Å². The maximum atomic E-state index is 13.7. The standard InChI is InChI=1S/C21H34FN7O3/c1-27-6-4-17(32-15-3-2-5-28(9-15)14-11-31-12-14)16(10-27)25-21(30)18-19(23)26-29-8-13(22)7-24-20(18)29/h13-17,24H,2-12H2,1H3,(H2,23,26)(H,25,30)/t13?,15-,16?,17?/m0/s1. The molecule has 4 aliphatic heterocycles. The van der Waals surface area contributed by atoms with Crippen LogP contribution in [-0.4, -0.2) is 109 Å². The third-order valence-corrected chi connectivity index (χ3v) is 7.05. The number of likely N-dealkylation sites (N-methyl/N-ethyl adjacent to an activating group) is 1. The number of anilines is 2. The van der Waals surface area contributed by atoms with E-state index in [-0.39, 0.29) is 48.6 Å². The summed E-state index contributed by atoms with van der Waals surface area (Å²) < 4.78 is 27.1. The van der Waals surface area contributed by atoms with Crippen molar-refractivity contribution in [1.82, 2.24) is 24.9 Å². The molecule has 0 aliphatic carbocycles. The predicted octanol–water partition coefficient (Wildman–Crippen LogP) is -0.0888. The van der Waals surface area contributed by atoms with Gasteiger partial charge >= 0.3 is 0 Å². The fraction of sp³-hybridized carbons (Fsp3) is 0.810. The number of nitrogen functional groups attached to an aromatic ring is 1. The summed E-state index contributed by atoms with van der Waals surface area (Å²) in [7, 11) is 2.05. The number of nitrogens with one attached hydrogen (secondary N) is 2. The topological polar surface area (TPSA) is 110 Å². The van der Waals surface area contributed by atoms with Gasteiger partial charge in [0.15, 0.2) is 5.82 Å². The first-order valence-corrected chi connectivity index (χ1v) is 11.7. The maximum Gasteiger partial charge on any atom is 0.259 e. The van der Waals surface area contributed by atoms with Crippen LogP contribution in [0.3, 0.4) is 0 Å². The van der Waals surface area contributed by atoms with Crippen molar-refractivity contribution in [2.75, 3.05) is 64.0 Å². The molecule has 0 bridgehead atoms. The van der Waals surface area contributed by atoms with E-state index in [1.165, 1.54) is 4.68 Å². The van der Waals surface area contributed by atoms with Crippen LogP contribution >= 0.6 is 0 Å². The quantitative estimate of drug-likeness (QED) is 0.570. The lowest BCUT2D eigenvalue weighted by atomic mass is 10.00. The highest BCUT2D eigenvalue weighted by Gasteiger charge is 2.37. The van der Waals surface area contributed by atoms with Crippen molar-refractivity contribution < 1.29 is 18.7 Å². The van der Waals surface area contributed by atoms with E-state index in [1.54, 1.807) is 0 Å². The first-order valence-electron chi connectivity index (χ1n) is 11.7. The van der Waals surface area contributed by atoms with Gasteiger partial charge in [0.1, 0.15) is 17.6 Å². The molecule has 0 radical (unpaired) electrons. The summed E-state index contributed by atoms with van der Waals surface area (Å²) >= 11 is 0. The van der Waals surface area contributed by atoms with Crippen LogP contribution in [0.15, 0.2) is 0 Å². The summed E-state index contributed by atoms with van der Waals surface area (Å²) in [5, 5.41) is 10.3. The zero-order valence-corrected chi connectivity index (χ0v) is 18.6. The minimum Gasteiger partial charge on any atom is -0.381 e. The van der Waals surface area contributed by atoms with Gasteiger partial charge in [-0.1, -0.05) is 0 Å². The summed E-state index contributed by atoms with van der Waals surface area (Å²) in [6, 6.07) is 0.360. The molecule has 3 unspecified atom stereocenters. The molecule has 1 aromatic heterocycles. The van der Waals surface area contributed by atoms with Gasteiger partial charge in [-0.05, 0) is 32.9 Å². The lowest BCUT2D eigenvalue weighted by molar-refractivity contribution is -0.118. The number of carbonyl (C=O) groups excluding carboxylic acids is 1. The molecule has 178 valence electrons. The van der Waals surface area contributed by atoms with E-state index in [1.807, 2.05) is 7.05 Å². The molecule has 3 fully saturated rings. The molecule has 0 aromatic carbocycles. The number of ether oxygens (including phenoxy) is 2. The van der Waals surface area contributed by atoms with Crippen LogP contribution in [0.2, 0.25) is 0 Å². The summed E-state index contributed by atoms with van der Waals surface area (Å²) in [5.74, 6) is 0.312. The number of aromatic nitrogens is 2. The van der Waals surface area contributed by atoms with Crippen molar-refractivity contribution >= 4 is 17.5 Å². The second kappa shape index (κ2) is 9.12. The number of nitrogens with zero attached hydrogens (tertiary/aromatic N) is 4. The van der Waals surface area contributed by atoms with E-state index in [2.05, 4.69) is 25.5 Å². The van der Waals surface area contributed by atoms with Gasteiger partial charge in [0.2, 0.25) is 0 Å². The van der Waals surface area contributed by atoms with Gasteiger partial charge in [0.25, 0.3) is 5.91 Å². The predicted molar refractivity (Wildman–Crippen MR) is 117 cm³/mol. The number of nitrogens with two attached hydrogens (primary N) is 1. The van der Waals surface area contributed by atoms with Crippen LogP contribution in [0.4, 0.5) is 16.0 Å². The molecule has 4 atom stereocenters. The normalized spacial score (nSPS) is 32.1. The highest BCUT2D eigenvalue weighted by Crippen LogP contribution is 2.27. The number of halogens is 1. The number of hydrogen-bond acceptors (Lipinski definition) is 8. The van der Waals surface area contributed by atoms with E-state index in [9.17, 15) is 9.18 Å². The summed E-state index contributed by atoms with van der Waals surface area (Å²) in [6.45, 7) is 5.51. The number of fused-ring (bicyclic) bond motifs is 1. The molecule has 1 aromatic rings. The molecule has 10 nitrogen and oxygen atoms in total. The van der Waals surface area contributed by atoms with Crippen LogP contribution in [-0.2, 0) is 16.0 Å². The van der Waals surface area contributed by atoms with E-state index in [0.29, 0.717) is 18.4 Å². The van der Waals surface area contributed by atoms with Crippen molar-refractivity contribution in [2.24, 2.45) is 0 Å². The van der Waals surface area contributed by atoms with E-state index >= 15 is 0 Å². The van der Waals surface area contributed by atoms with Gasteiger partial charge in [0, 0.05) is 26.2 Å². The van der Waals surface area contributed by atoms with Gasteiger partial charge in [-0.15, -0.1) is 0 Å². The Morgan fingerprint density at radius 1 is 1.28 bits per heavy atom. The minimum atomic E-state index is -1.05. The fourth-order valence-electron chi connectivity index (χ4n) is 5.20. The number of amides is 1. The molecule has 0 spiro atoms. The molecule has 11 heteroatoms. The van der Waals surface area contributed by atoms with E-state index < -0.39 is 6.17 Å². The third kappa shape index (κ3) is 4.43. The molecule has 3 saturated heterocycles. The molecule has 5 heterocycles. The van der Waals surface area contributed by atoms with E-state index in [4.69, 9.17) is 15.2 Å². The summed E-state index contributed by atoms with van der Waals surface area (Å²) in [5.41, 5.74) is 6.32. The van der Waals surface area contributed by atoms with Crippen molar-refractivity contribution in [2.45, 2.75) is 56.3 Å². The average Bonchev–Trinajstić information content (AvgIpc) is 3.04. The summed E-state index contributed by atoms with van der Waals surface area (Å²) in [4.78, 5) is 17.9. The molecule has 4 N–H and O–H groups in total. The minimum absolute atomic E-state index is 0.0615. The Labute approximate surface area is 187 Å². The van der Waals surface area contributed by atoms with Gasteiger partial charge < -0.3 is 30.7 Å². The van der Waals surface area contributed by atoms with Crippen LogP contribution in [0, 0.1) is 0 Å². The molecule has 0 saturated carbocycles. The molecular weight excluding hydrogens is 417 g/mol. The number of likely N-dealkylation sites (tertiary alicyclic amines) is 2. The number of carbonyl (C=O) groups is 1. The molecule has 5 rings (SSSR count). The highest BCUT2D eigenvalue weighted by molar-refractivity contribution is 6.03. The smallest absolute Gasteiger partial charge is 0.259 e. The number of hydrogen-bond donors (Lipinski definition) is 3. The highest BCUT2D eigenvalue weighted by atomic mass is 19.1. The Balaban J connectivity index is 1.25. The average molecular weight is 452 g/mol. The zero-order chi connectivity index (χ0) is 22.2. The van der Waals surface area contributed by atoms with Crippen LogP contribution < -0.4 is 16.4 Å².